The second kappa shape index (κ2) is 10.1. The molecule has 6 aromatic carbocycles. The van der Waals surface area contributed by atoms with Crippen LogP contribution in [0.5, 0.6) is 0 Å². The van der Waals surface area contributed by atoms with E-state index in [0.717, 1.165) is 55.3 Å². The first-order chi connectivity index (χ1) is 23.3. The largest absolute Gasteiger partial charge is 0.293 e. The maximum Gasteiger partial charge on any atom is 0.145 e. The zero-order valence-electron chi connectivity index (χ0n) is 25.3. The normalized spacial score (nSPS) is 11.8. The predicted octanol–water partition coefficient (Wildman–Crippen LogP) is 10.9. The van der Waals surface area contributed by atoms with Crippen molar-refractivity contribution in [3.63, 3.8) is 0 Å². The molecule has 218 valence electrons. The topological polar surface area (TPSA) is 43.6 Å². The van der Waals surface area contributed by atoms with E-state index in [2.05, 4.69) is 149 Å². The molecule has 10 rings (SSSR count). The van der Waals surface area contributed by atoms with E-state index in [1.807, 2.05) is 18.5 Å². The van der Waals surface area contributed by atoms with Crippen molar-refractivity contribution in [2.75, 3.05) is 0 Å². The monoisotopic (exact) mass is 598 g/mol. The number of para-hydroxylation sites is 1. The predicted molar refractivity (Wildman–Crippen MR) is 195 cm³/mol. The highest BCUT2D eigenvalue weighted by molar-refractivity contribution is 6.13. The molecular formula is C43H26N4. The highest BCUT2D eigenvalue weighted by Crippen LogP contribution is 2.40. The van der Waals surface area contributed by atoms with Gasteiger partial charge in [0.2, 0.25) is 0 Å². The molecule has 0 fully saturated rings. The van der Waals surface area contributed by atoms with E-state index < -0.39 is 0 Å². The van der Waals surface area contributed by atoms with Crippen LogP contribution in [0.4, 0.5) is 0 Å². The van der Waals surface area contributed by atoms with Crippen LogP contribution in [0.3, 0.4) is 0 Å². The fourth-order valence-electron chi connectivity index (χ4n) is 7.30. The van der Waals surface area contributed by atoms with Gasteiger partial charge in [0.1, 0.15) is 5.82 Å². The van der Waals surface area contributed by atoms with Gasteiger partial charge in [-0.25, -0.2) is 9.97 Å². The third-order valence-electron chi connectivity index (χ3n) is 9.48. The van der Waals surface area contributed by atoms with Crippen LogP contribution >= 0.6 is 0 Å². The van der Waals surface area contributed by atoms with Crippen LogP contribution in [0, 0.1) is 0 Å². The first kappa shape index (κ1) is 25.9. The first-order valence-corrected chi connectivity index (χ1v) is 15.9. The Morgan fingerprint density at radius 2 is 1.09 bits per heavy atom. The molecule has 4 aromatic heterocycles. The van der Waals surface area contributed by atoms with Gasteiger partial charge >= 0.3 is 0 Å². The fraction of sp³-hybridized carbons (Fsp3) is 0. The molecule has 0 unspecified atom stereocenters. The molecule has 4 heteroatoms. The van der Waals surface area contributed by atoms with Gasteiger partial charge in [0.05, 0.1) is 27.8 Å². The molecule has 0 aliphatic rings. The molecule has 0 spiro atoms. The van der Waals surface area contributed by atoms with Crippen molar-refractivity contribution in [1.29, 1.82) is 0 Å². The van der Waals surface area contributed by atoms with Gasteiger partial charge in [-0.2, -0.15) is 0 Å². The number of pyridine rings is 3. The number of aromatic nitrogens is 4. The first-order valence-electron chi connectivity index (χ1n) is 15.9. The van der Waals surface area contributed by atoms with Crippen molar-refractivity contribution < 1.29 is 0 Å². The van der Waals surface area contributed by atoms with E-state index in [4.69, 9.17) is 9.97 Å². The molecule has 0 saturated heterocycles. The van der Waals surface area contributed by atoms with Gasteiger partial charge in [-0.15, -0.1) is 0 Å². The van der Waals surface area contributed by atoms with Crippen molar-refractivity contribution in [1.82, 2.24) is 19.5 Å². The summed E-state index contributed by atoms with van der Waals surface area (Å²) in [7, 11) is 0. The van der Waals surface area contributed by atoms with E-state index in [1.165, 1.54) is 38.1 Å². The minimum absolute atomic E-state index is 0.927. The fourth-order valence-corrected chi connectivity index (χ4v) is 7.30. The Hall–Kier alpha value is -6.39. The lowest BCUT2D eigenvalue weighted by molar-refractivity contribution is 1.10. The zero-order valence-corrected chi connectivity index (χ0v) is 25.3. The standard InChI is InChI=1S/C43H26N4/c1-2-10-32-27(8-1)23-25-45-43(32)47-39-14-6-5-13-36(39)37-26-30(18-22-40(37)47)31-19-20-35(34-12-4-3-11-33(31)34)38-21-17-29-16-15-28-9-7-24-44-41(28)42(29)46-38/h1-26H. The third kappa shape index (κ3) is 3.92. The summed E-state index contributed by atoms with van der Waals surface area (Å²) in [6.45, 7) is 0. The van der Waals surface area contributed by atoms with Crippen molar-refractivity contribution >= 4 is 65.2 Å². The molecule has 47 heavy (non-hydrogen) atoms. The van der Waals surface area contributed by atoms with E-state index in [0.29, 0.717) is 0 Å². The van der Waals surface area contributed by atoms with Crippen molar-refractivity contribution in [2.45, 2.75) is 0 Å². The van der Waals surface area contributed by atoms with E-state index >= 15 is 0 Å². The van der Waals surface area contributed by atoms with Gasteiger partial charge in [0.15, 0.2) is 0 Å². The molecule has 4 heterocycles. The van der Waals surface area contributed by atoms with Crippen LogP contribution in [0.25, 0.3) is 93.4 Å². The van der Waals surface area contributed by atoms with Gasteiger partial charge < -0.3 is 0 Å². The SMILES string of the molecule is c1ccc2c(-n3c4ccccc4c4cc(-c5ccc(-c6ccc7ccc8cccnc8c7n6)c6ccccc56)ccc43)nccc2c1. The Morgan fingerprint density at radius 3 is 1.98 bits per heavy atom. The molecule has 4 nitrogen and oxygen atoms in total. The van der Waals surface area contributed by atoms with E-state index in [-0.39, 0.29) is 0 Å². The van der Waals surface area contributed by atoms with Crippen LogP contribution in [-0.4, -0.2) is 19.5 Å². The van der Waals surface area contributed by atoms with E-state index in [9.17, 15) is 0 Å². The van der Waals surface area contributed by atoms with Crippen molar-refractivity contribution in [2.24, 2.45) is 0 Å². The van der Waals surface area contributed by atoms with Gasteiger partial charge in [-0.05, 0) is 63.7 Å². The third-order valence-corrected chi connectivity index (χ3v) is 9.48. The van der Waals surface area contributed by atoms with Gasteiger partial charge in [-0.3, -0.25) is 9.55 Å². The average Bonchev–Trinajstić information content (AvgIpc) is 3.47. The molecule has 0 aliphatic heterocycles. The summed E-state index contributed by atoms with van der Waals surface area (Å²) in [6.07, 6.45) is 3.75. The number of fused-ring (bicyclic) bond motifs is 8. The summed E-state index contributed by atoms with van der Waals surface area (Å²) >= 11 is 0. The molecule has 0 saturated carbocycles. The lowest BCUT2D eigenvalue weighted by Crippen LogP contribution is -1.98. The van der Waals surface area contributed by atoms with Gasteiger partial charge in [0, 0.05) is 44.9 Å². The summed E-state index contributed by atoms with van der Waals surface area (Å²) in [5.74, 6) is 0.947. The van der Waals surface area contributed by atoms with Crippen LogP contribution < -0.4 is 0 Å². The Kier molecular flexibility index (Phi) is 5.54. The molecule has 0 atom stereocenters. The lowest BCUT2D eigenvalue weighted by atomic mass is 9.93. The minimum Gasteiger partial charge on any atom is -0.293 e. The van der Waals surface area contributed by atoms with Crippen molar-refractivity contribution in [3.8, 4) is 28.2 Å². The molecule has 0 aliphatic carbocycles. The van der Waals surface area contributed by atoms with Gasteiger partial charge in [0.25, 0.3) is 0 Å². The van der Waals surface area contributed by atoms with Crippen LogP contribution in [0.1, 0.15) is 0 Å². The second-order valence-electron chi connectivity index (χ2n) is 12.1. The lowest BCUT2D eigenvalue weighted by Gasteiger charge is -2.13. The van der Waals surface area contributed by atoms with Crippen LogP contribution in [0.2, 0.25) is 0 Å². The summed E-state index contributed by atoms with van der Waals surface area (Å²) in [6, 6.07) is 51.7. The number of rotatable bonds is 3. The molecular weight excluding hydrogens is 573 g/mol. The molecule has 0 radical (unpaired) electrons. The van der Waals surface area contributed by atoms with Crippen molar-refractivity contribution in [3.05, 3.63) is 158 Å². The second-order valence-corrected chi connectivity index (χ2v) is 12.1. The Bertz CT molecular complexity index is 2860. The number of nitrogens with zero attached hydrogens (tertiary/aromatic N) is 4. The summed E-state index contributed by atoms with van der Waals surface area (Å²) in [4.78, 5) is 14.8. The average molecular weight is 599 g/mol. The molecule has 0 bridgehead atoms. The number of hydrogen-bond acceptors (Lipinski definition) is 3. The summed E-state index contributed by atoms with van der Waals surface area (Å²) in [5.41, 5.74) is 8.57. The maximum atomic E-state index is 5.18. The molecule has 10 aromatic rings. The van der Waals surface area contributed by atoms with Crippen LogP contribution in [0.15, 0.2) is 158 Å². The van der Waals surface area contributed by atoms with E-state index in [1.54, 1.807) is 0 Å². The Balaban J connectivity index is 1.17. The van der Waals surface area contributed by atoms with Gasteiger partial charge in [-0.1, -0.05) is 109 Å². The highest BCUT2D eigenvalue weighted by atomic mass is 15.1. The Labute approximate surface area is 270 Å². The van der Waals surface area contributed by atoms with Crippen LogP contribution in [-0.2, 0) is 0 Å². The quantitative estimate of drug-likeness (QED) is 0.190. The maximum absolute atomic E-state index is 5.18. The smallest absolute Gasteiger partial charge is 0.145 e. The zero-order chi connectivity index (χ0) is 30.9. The molecule has 0 amide bonds. The number of benzene rings is 6. The number of hydrogen-bond donors (Lipinski definition) is 0. The summed E-state index contributed by atoms with van der Waals surface area (Å²) in [5, 5.41) is 9.28. The summed E-state index contributed by atoms with van der Waals surface area (Å²) < 4.78 is 2.31. The highest BCUT2D eigenvalue weighted by Gasteiger charge is 2.17. The molecule has 0 N–H and O–H groups in total. The minimum atomic E-state index is 0.927. The Morgan fingerprint density at radius 1 is 0.404 bits per heavy atom.